The lowest BCUT2D eigenvalue weighted by molar-refractivity contribution is 0.0928. The Morgan fingerprint density at radius 1 is 1.14 bits per heavy atom. The normalized spacial score (nSPS) is 43.3. The molecule has 0 aromatic rings. The van der Waals surface area contributed by atoms with Crippen LogP contribution in [0.4, 0.5) is 0 Å². The molecule has 1 spiro atoms. The summed E-state index contributed by atoms with van der Waals surface area (Å²) in [5, 5.41) is 0. The fourth-order valence-electron chi connectivity index (χ4n) is 3.38. The zero-order chi connectivity index (χ0) is 10.4. The minimum absolute atomic E-state index is 0.423. The molecule has 1 saturated heterocycles. The van der Waals surface area contributed by atoms with Gasteiger partial charge in [0, 0.05) is 33.9 Å². The summed E-state index contributed by atoms with van der Waals surface area (Å²) in [6.07, 6.45) is 8.56. The molecule has 2 rings (SSSR count). The minimum Gasteiger partial charge on any atom is -0.236 e. The minimum atomic E-state index is 0.423. The topological polar surface area (TPSA) is 3.24 Å². The van der Waals surface area contributed by atoms with Gasteiger partial charge in [-0.1, -0.05) is 19.8 Å². The molecule has 2 aliphatic rings. The average Bonchev–Trinajstić information content (AvgIpc) is 2.36. The second-order valence-electron chi connectivity index (χ2n) is 5.84. The Bertz CT molecular complexity index is 226. The molecule has 0 aromatic heterocycles. The summed E-state index contributed by atoms with van der Waals surface area (Å²) in [5.41, 5.74) is 0.967. The highest BCUT2D eigenvalue weighted by Crippen LogP contribution is 2.53. The van der Waals surface area contributed by atoms with E-state index in [0.29, 0.717) is 11.1 Å². The molecule has 82 valence electrons. The first-order valence-corrected chi connectivity index (χ1v) is 6.92. The molecule has 0 amide bonds. The van der Waals surface area contributed by atoms with E-state index in [1.807, 2.05) is 0 Å². The Balaban J connectivity index is 2.23. The van der Waals surface area contributed by atoms with Crippen LogP contribution in [0.15, 0.2) is 0 Å². The third-order valence-corrected chi connectivity index (χ3v) is 6.77. The van der Waals surface area contributed by atoms with Crippen LogP contribution in [-0.4, -0.2) is 14.2 Å². The van der Waals surface area contributed by atoms with Gasteiger partial charge < -0.3 is 0 Å². The molecule has 1 aliphatic heterocycles. The summed E-state index contributed by atoms with van der Waals surface area (Å²) in [7, 11) is 0. The lowest BCUT2D eigenvalue weighted by atomic mass is 9.73. The number of rotatable bonds is 0. The van der Waals surface area contributed by atoms with Gasteiger partial charge in [-0.3, -0.25) is 0 Å². The second-order valence-corrected chi connectivity index (χ2v) is 6.81. The molecule has 0 bridgehead atoms. The summed E-state index contributed by atoms with van der Waals surface area (Å²) < 4.78 is 2.67. The summed E-state index contributed by atoms with van der Waals surface area (Å²) >= 11 is 2.60. The molecule has 2 heteroatoms. The molecule has 1 nitrogen and oxygen atoms in total. The third kappa shape index (κ3) is 1.53. The van der Waals surface area contributed by atoms with Gasteiger partial charge in [0.25, 0.3) is 0 Å². The predicted octanol–water partition coefficient (Wildman–Crippen LogP) is 4.16. The van der Waals surface area contributed by atoms with Crippen LogP contribution in [0.25, 0.3) is 0 Å². The fraction of sp³-hybridized carbons (Fsp3) is 1.00. The number of halogens is 1. The van der Waals surface area contributed by atoms with E-state index >= 15 is 0 Å². The van der Waals surface area contributed by atoms with E-state index in [0.717, 1.165) is 5.92 Å². The Morgan fingerprint density at radius 2 is 1.86 bits per heavy atom. The van der Waals surface area contributed by atoms with Gasteiger partial charge in [-0.25, -0.2) is 3.11 Å². The highest BCUT2D eigenvalue weighted by atomic mass is 127. The van der Waals surface area contributed by atoms with Gasteiger partial charge in [-0.05, 0) is 45.4 Å². The average molecular weight is 307 g/mol. The summed E-state index contributed by atoms with van der Waals surface area (Å²) in [5.74, 6) is 0.898. The van der Waals surface area contributed by atoms with E-state index in [4.69, 9.17) is 0 Å². The van der Waals surface area contributed by atoms with Gasteiger partial charge in [0.2, 0.25) is 0 Å². The van der Waals surface area contributed by atoms with Crippen molar-refractivity contribution in [2.45, 2.75) is 70.4 Å². The first kappa shape index (κ1) is 11.2. The standard InChI is InChI=1S/C12H22IN/c1-10-6-4-5-7-12(10)9-8-11(2,3)14(12)13/h10H,4-9H2,1-3H3. The van der Waals surface area contributed by atoms with E-state index < -0.39 is 0 Å². The lowest BCUT2D eigenvalue weighted by Gasteiger charge is -2.46. The van der Waals surface area contributed by atoms with Crippen LogP contribution in [0, 0.1) is 5.92 Å². The Morgan fingerprint density at radius 3 is 2.36 bits per heavy atom. The van der Waals surface area contributed by atoms with Crippen LogP contribution in [0.1, 0.15) is 59.3 Å². The van der Waals surface area contributed by atoms with E-state index in [9.17, 15) is 0 Å². The van der Waals surface area contributed by atoms with Crippen molar-refractivity contribution >= 4 is 22.9 Å². The maximum atomic E-state index is 2.67. The van der Waals surface area contributed by atoms with Crippen molar-refractivity contribution in [2.24, 2.45) is 5.92 Å². The molecule has 2 fully saturated rings. The fourth-order valence-corrected chi connectivity index (χ4v) is 4.58. The lowest BCUT2D eigenvalue weighted by Crippen LogP contribution is -2.50. The largest absolute Gasteiger partial charge is 0.236 e. The predicted molar refractivity (Wildman–Crippen MR) is 69.5 cm³/mol. The van der Waals surface area contributed by atoms with Crippen LogP contribution in [0.2, 0.25) is 0 Å². The van der Waals surface area contributed by atoms with E-state index in [1.54, 1.807) is 0 Å². The van der Waals surface area contributed by atoms with Crippen molar-refractivity contribution < 1.29 is 0 Å². The van der Waals surface area contributed by atoms with Gasteiger partial charge in [0.1, 0.15) is 0 Å². The van der Waals surface area contributed by atoms with E-state index in [-0.39, 0.29) is 0 Å². The zero-order valence-electron chi connectivity index (χ0n) is 9.65. The maximum absolute atomic E-state index is 2.67. The van der Waals surface area contributed by atoms with Crippen molar-refractivity contribution in [1.29, 1.82) is 0 Å². The Kier molecular flexibility index (Phi) is 2.89. The van der Waals surface area contributed by atoms with Crippen LogP contribution in [-0.2, 0) is 0 Å². The van der Waals surface area contributed by atoms with E-state index in [2.05, 4.69) is 46.7 Å². The van der Waals surface area contributed by atoms with Gasteiger partial charge in [0.15, 0.2) is 0 Å². The molecule has 1 heterocycles. The number of hydrogen-bond donors (Lipinski definition) is 0. The molecule has 1 aliphatic carbocycles. The molecule has 14 heavy (non-hydrogen) atoms. The maximum Gasteiger partial charge on any atom is 0.0337 e. The molecule has 0 N–H and O–H groups in total. The van der Waals surface area contributed by atoms with Gasteiger partial charge in [-0.15, -0.1) is 0 Å². The zero-order valence-corrected chi connectivity index (χ0v) is 11.8. The molecular weight excluding hydrogens is 285 g/mol. The quantitative estimate of drug-likeness (QED) is 0.480. The second kappa shape index (κ2) is 3.62. The highest BCUT2D eigenvalue weighted by molar-refractivity contribution is 14.1. The molecule has 2 unspecified atom stereocenters. The van der Waals surface area contributed by atoms with Crippen LogP contribution < -0.4 is 0 Å². The monoisotopic (exact) mass is 307 g/mol. The number of nitrogens with zero attached hydrogens (tertiary/aromatic N) is 1. The molecule has 0 aromatic carbocycles. The van der Waals surface area contributed by atoms with Crippen molar-refractivity contribution in [3.63, 3.8) is 0 Å². The smallest absolute Gasteiger partial charge is 0.0337 e. The molecule has 2 atom stereocenters. The van der Waals surface area contributed by atoms with Crippen LogP contribution in [0.3, 0.4) is 0 Å². The first-order valence-electron chi connectivity index (χ1n) is 5.95. The van der Waals surface area contributed by atoms with Crippen molar-refractivity contribution in [1.82, 2.24) is 3.11 Å². The van der Waals surface area contributed by atoms with Crippen molar-refractivity contribution in [3.05, 3.63) is 0 Å². The Labute approximate surface area is 102 Å². The molecule has 1 saturated carbocycles. The SMILES string of the molecule is CC1CCCCC12CCC(C)(C)N2I. The first-order chi connectivity index (χ1) is 6.49. The van der Waals surface area contributed by atoms with E-state index in [1.165, 1.54) is 38.5 Å². The van der Waals surface area contributed by atoms with Gasteiger partial charge in [-0.2, -0.15) is 0 Å². The Hall–Kier alpha value is 0.690. The highest BCUT2D eigenvalue weighted by Gasteiger charge is 2.52. The molecular formula is C12H22IN. The third-order valence-electron chi connectivity index (χ3n) is 4.51. The number of hydrogen-bond acceptors (Lipinski definition) is 1. The van der Waals surface area contributed by atoms with Crippen LogP contribution >= 0.6 is 22.9 Å². The van der Waals surface area contributed by atoms with Crippen molar-refractivity contribution in [2.75, 3.05) is 0 Å². The van der Waals surface area contributed by atoms with Gasteiger partial charge in [0.05, 0.1) is 0 Å². The summed E-state index contributed by atoms with van der Waals surface area (Å²) in [6, 6.07) is 0. The van der Waals surface area contributed by atoms with Crippen LogP contribution in [0.5, 0.6) is 0 Å². The molecule has 0 radical (unpaired) electrons. The summed E-state index contributed by atoms with van der Waals surface area (Å²) in [4.78, 5) is 0. The summed E-state index contributed by atoms with van der Waals surface area (Å²) in [6.45, 7) is 7.26. The van der Waals surface area contributed by atoms with Gasteiger partial charge >= 0.3 is 0 Å². The van der Waals surface area contributed by atoms with Crippen molar-refractivity contribution in [3.8, 4) is 0 Å².